The Labute approximate surface area is 150 Å². The van der Waals surface area contributed by atoms with E-state index in [2.05, 4.69) is 42.4 Å². The molecule has 1 aliphatic carbocycles. The number of hydrogen-bond donors (Lipinski definition) is 2. The van der Waals surface area contributed by atoms with Crippen molar-refractivity contribution in [2.24, 2.45) is 5.92 Å². The lowest BCUT2D eigenvalue weighted by Gasteiger charge is -2.09. The molecule has 2 N–H and O–H groups in total. The minimum atomic E-state index is 0.0203. The zero-order valence-corrected chi connectivity index (χ0v) is 14.2. The molecule has 1 amide bonds. The molecular weight excluding hydrogens is 328 g/mol. The summed E-state index contributed by atoms with van der Waals surface area (Å²) in [7, 11) is 1.80. The molecule has 0 bridgehead atoms. The molecule has 1 saturated carbocycles. The largest absolute Gasteiger partial charge is 0.373 e. The van der Waals surface area contributed by atoms with E-state index in [1.54, 1.807) is 38.0 Å². The van der Waals surface area contributed by atoms with Crippen LogP contribution in [0.15, 0.2) is 37.1 Å². The lowest BCUT2D eigenvalue weighted by Crippen LogP contribution is -2.14. The van der Waals surface area contributed by atoms with Crippen LogP contribution < -0.4 is 10.6 Å². The highest BCUT2D eigenvalue weighted by atomic mass is 16.2. The van der Waals surface area contributed by atoms with Gasteiger partial charge in [-0.2, -0.15) is 0 Å². The molecule has 0 aromatic carbocycles. The van der Waals surface area contributed by atoms with Crippen LogP contribution in [-0.4, -0.2) is 32.9 Å². The first-order valence-electron chi connectivity index (χ1n) is 8.30. The summed E-state index contributed by atoms with van der Waals surface area (Å²) in [5.74, 6) is 7.44. The Kier molecular flexibility index (Phi) is 4.15. The van der Waals surface area contributed by atoms with Crippen LogP contribution in [-0.2, 0) is 4.79 Å². The monoisotopic (exact) mass is 344 g/mol. The first-order valence-corrected chi connectivity index (χ1v) is 8.30. The Bertz CT molecular complexity index is 1030. The molecule has 0 aliphatic heterocycles. The molecule has 3 aromatic heterocycles. The number of nitrogens with one attached hydrogen (secondary N) is 2. The van der Waals surface area contributed by atoms with Crippen LogP contribution in [0.1, 0.15) is 24.1 Å². The molecule has 4 rings (SSSR count). The van der Waals surface area contributed by atoms with Gasteiger partial charge in [0.1, 0.15) is 17.3 Å². The molecule has 26 heavy (non-hydrogen) atoms. The number of carbonyl (C=O) groups is 1. The van der Waals surface area contributed by atoms with Crippen LogP contribution in [0.2, 0.25) is 0 Å². The van der Waals surface area contributed by atoms with Gasteiger partial charge in [0.25, 0.3) is 0 Å². The molecule has 0 unspecified atom stereocenters. The molecule has 3 aromatic rings. The van der Waals surface area contributed by atoms with Crippen LogP contribution >= 0.6 is 0 Å². The van der Waals surface area contributed by atoms with Crippen molar-refractivity contribution in [2.45, 2.75) is 12.8 Å². The number of carbonyl (C=O) groups excluding carboxylic acids is 1. The number of aromatic nitrogens is 4. The van der Waals surface area contributed by atoms with Crippen LogP contribution in [0.3, 0.4) is 0 Å². The Morgan fingerprint density at radius 1 is 1.08 bits per heavy atom. The number of nitrogens with zero attached hydrogens (tertiary/aromatic N) is 4. The summed E-state index contributed by atoms with van der Waals surface area (Å²) in [6.45, 7) is 0. The second-order valence-electron chi connectivity index (χ2n) is 5.99. The number of rotatable bonds is 3. The van der Waals surface area contributed by atoms with Gasteiger partial charge in [0, 0.05) is 48.5 Å². The van der Waals surface area contributed by atoms with Crippen molar-refractivity contribution in [3.8, 4) is 11.8 Å². The van der Waals surface area contributed by atoms with E-state index in [0.717, 1.165) is 29.2 Å². The highest BCUT2D eigenvalue weighted by Crippen LogP contribution is 2.31. The maximum atomic E-state index is 12.0. The van der Waals surface area contributed by atoms with Gasteiger partial charge in [0.15, 0.2) is 0 Å². The molecule has 1 aliphatic rings. The standard InChI is InChI=1S/C19H16N6O/c1-20-18-16-11-23-17(25-19(26)12-2-3-12)8-15(16)13(9-24-18)4-5-14-10-21-6-7-22-14/h6-12H,2-3H2,1H3,(H,20,24)(H,23,25,26). The van der Waals surface area contributed by atoms with Crippen molar-refractivity contribution in [2.75, 3.05) is 17.7 Å². The molecule has 0 radical (unpaired) electrons. The zero-order chi connectivity index (χ0) is 17.9. The van der Waals surface area contributed by atoms with E-state index in [-0.39, 0.29) is 11.8 Å². The van der Waals surface area contributed by atoms with E-state index < -0.39 is 0 Å². The molecular formula is C19H16N6O. The second kappa shape index (κ2) is 6.76. The van der Waals surface area contributed by atoms with Gasteiger partial charge in [-0.25, -0.2) is 15.0 Å². The lowest BCUT2D eigenvalue weighted by atomic mass is 10.1. The Hall–Kier alpha value is -3.53. The first-order chi connectivity index (χ1) is 12.7. The summed E-state index contributed by atoms with van der Waals surface area (Å²) in [5.41, 5.74) is 1.31. The SMILES string of the molecule is CNc1ncc(C#Cc2cnccn2)c2cc(NC(=O)C3CC3)ncc12. The quantitative estimate of drug-likeness (QED) is 0.708. The Morgan fingerprint density at radius 3 is 2.69 bits per heavy atom. The topological polar surface area (TPSA) is 92.7 Å². The summed E-state index contributed by atoms with van der Waals surface area (Å²) in [5, 5.41) is 7.62. The molecule has 7 nitrogen and oxygen atoms in total. The average molecular weight is 344 g/mol. The molecule has 0 atom stereocenters. The van der Waals surface area contributed by atoms with E-state index in [4.69, 9.17) is 0 Å². The third kappa shape index (κ3) is 3.30. The van der Waals surface area contributed by atoms with E-state index in [0.29, 0.717) is 17.3 Å². The van der Waals surface area contributed by atoms with Crippen molar-refractivity contribution in [3.63, 3.8) is 0 Å². The van der Waals surface area contributed by atoms with Crippen LogP contribution in [0.4, 0.5) is 11.6 Å². The van der Waals surface area contributed by atoms with E-state index >= 15 is 0 Å². The summed E-state index contributed by atoms with van der Waals surface area (Å²) >= 11 is 0. The maximum Gasteiger partial charge on any atom is 0.228 e. The third-order valence-corrected chi connectivity index (χ3v) is 4.10. The highest BCUT2D eigenvalue weighted by molar-refractivity contribution is 5.99. The number of amides is 1. The van der Waals surface area contributed by atoms with Gasteiger partial charge in [-0.3, -0.25) is 9.78 Å². The van der Waals surface area contributed by atoms with Crippen LogP contribution in [0, 0.1) is 17.8 Å². The van der Waals surface area contributed by atoms with Gasteiger partial charge >= 0.3 is 0 Å². The predicted octanol–water partition coefficient (Wildman–Crippen LogP) is 2.21. The van der Waals surface area contributed by atoms with E-state index in [9.17, 15) is 4.79 Å². The number of anilines is 2. The lowest BCUT2D eigenvalue weighted by molar-refractivity contribution is -0.117. The fourth-order valence-electron chi connectivity index (χ4n) is 2.57. The van der Waals surface area contributed by atoms with E-state index in [1.165, 1.54) is 0 Å². The summed E-state index contributed by atoms with van der Waals surface area (Å²) in [4.78, 5) is 28.9. The molecule has 128 valence electrons. The molecule has 7 heteroatoms. The number of hydrogen-bond acceptors (Lipinski definition) is 6. The first kappa shape index (κ1) is 16.0. The van der Waals surface area contributed by atoms with Gasteiger partial charge in [-0.15, -0.1) is 0 Å². The number of pyridine rings is 2. The van der Waals surface area contributed by atoms with Crippen molar-refractivity contribution < 1.29 is 4.79 Å². The Balaban J connectivity index is 1.76. The van der Waals surface area contributed by atoms with E-state index in [1.807, 2.05) is 6.07 Å². The molecule has 1 fully saturated rings. The maximum absolute atomic E-state index is 12.0. The minimum Gasteiger partial charge on any atom is -0.373 e. The minimum absolute atomic E-state index is 0.0203. The highest BCUT2D eigenvalue weighted by Gasteiger charge is 2.29. The Morgan fingerprint density at radius 2 is 1.96 bits per heavy atom. The van der Waals surface area contributed by atoms with Gasteiger partial charge < -0.3 is 10.6 Å². The van der Waals surface area contributed by atoms with Crippen molar-refractivity contribution in [3.05, 3.63) is 48.3 Å². The summed E-state index contributed by atoms with van der Waals surface area (Å²) in [6, 6.07) is 1.83. The fourth-order valence-corrected chi connectivity index (χ4v) is 2.57. The summed E-state index contributed by atoms with van der Waals surface area (Å²) in [6.07, 6.45) is 10.1. The zero-order valence-electron chi connectivity index (χ0n) is 14.2. The number of fused-ring (bicyclic) bond motifs is 1. The van der Waals surface area contributed by atoms with Crippen molar-refractivity contribution >= 4 is 28.3 Å². The summed E-state index contributed by atoms with van der Waals surface area (Å²) < 4.78 is 0. The molecule has 3 heterocycles. The van der Waals surface area contributed by atoms with Crippen LogP contribution in [0.5, 0.6) is 0 Å². The van der Waals surface area contributed by atoms with Gasteiger partial charge in [0.05, 0.1) is 11.8 Å². The molecule has 0 saturated heterocycles. The van der Waals surface area contributed by atoms with Crippen molar-refractivity contribution in [1.29, 1.82) is 0 Å². The third-order valence-electron chi connectivity index (χ3n) is 4.10. The van der Waals surface area contributed by atoms with Crippen molar-refractivity contribution in [1.82, 2.24) is 19.9 Å². The second-order valence-corrected chi connectivity index (χ2v) is 5.99. The normalized spacial score (nSPS) is 13.0. The average Bonchev–Trinajstić information content (AvgIpc) is 3.52. The molecule has 0 spiro atoms. The van der Waals surface area contributed by atoms with Gasteiger partial charge in [-0.05, 0) is 24.8 Å². The van der Waals surface area contributed by atoms with Crippen LogP contribution in [0.25, 0.3) is 10.8 Å². The predicted molar refractivity (Wildman–Crippen MR) is 98.5 cm³/mol. The van der Waals surface area contributed by atoms with Gasteiger partial charge in [-0.1, -0.05) is 5.92 Å². The van der Waals surface area contributed by atoms with Gasteiger partial charge in [0.2, 0.25) is 5.91 Å². The smallest absolute Gasteiger partial charge is 0.228 e. The fraction of sp³-hybridized carbons (Fsp3) is 0.211.